The lowest BCUT2D eigenvalue weighted by Gasteiger charge is -2.38. The SMILES string of the molecule is C[Si](C)(C)O[SiH2]C(CC[SiH3])([SiH2]O[Si](C)(C)C)[SiH2]O[Si](C)(C)C. The molecule has 0 spiro atoms. The Morgan fingerprint density at radius 3 is 1.14 bits per heavy atom. The molecule has 0 saturated carbocycles. The minimum Gasteiger partial charge on any atom is -0.461 e. The third-order valence-electron chi connectivity index (χ3n) is 3.21. The summed E-state index contributed by atoms with van der Waals surface area (Å²) in [7, 11) is -4.56. The van der Waals surface area contributed by atoms with Crippen molar-refractivity contribution in [2.45, 2.75) is 75.7 Å². The van der Waals surface area contributed by atoms with Crippen LogP contribution >= 0.6 is 0 Å². The molecule has 0 atom stereocenters. The normalized spacial score (nSPS) is 18.4. The van der Waals surface area contributed by atoms with Crippen LogP contribution in [-0.4, -0.2) is 64.5 Å². The fraction of sp³-hybridized carbons (Fsp3) is 1.00. The first kappa shape index (κ1) is 23.4. The molecule has 0 radical (unpaired) electrons. The molecule has 0 N–H and O–H groups in total. The van der Waals surface area contributed by atoms with Gasteiger partial charge in [0, 0.05) is 14.5 Å². The van der Waals surface area contributed by atoms with E-state index in [1.165, 1.54) is 22.7 Å². The lowest BCUT2D eigenvalue weighted by molar-refractivity contribution is 0.519. The van der Waals surface area contributed by atoms with Crippen molar-refractivity contribution >= 4 is 64.5 Å². The first-order valence-electron chi connectivity index (χ1n) is 8.60. The van der Waals surface area contributed by atoms with Gasteiger partial charge in [-0.15, -0.1) is 0 Å². The number of hydrogen-bond donors (Lipinski definition) is 0. The van der Waals surface area contributed by atoms with E-state index in [1.807, 2.05) is 0 Å². The molecule has 0 aromatic heterocycles. The lowest BCUT2D eigenvalue weighted by Crippen LogP contribution is -2.47. The van der Waals surface area contributed by atoms with E-state index in [1.54, 1.807) is 0 Å². The molecule has 0 heterocycles. The van der Waals surface area contributed by atoms with Gasteiger partial charge in [0.2, 0.25) is 0 Å². The van der Waals surface area contributed by atoms with Crippen molar-refractivity contribution in [3.8, 4) is 0 Å². The molecule has 134 valence electrons. The molecule has 0 aliphatic rings. The average molecular weight is 429 g/mol. The summed E-state index contributed by atoms with van der Waals surface area (Å²) in [5, 5.41) is 0. The van der Waals surface area contributed by atoms with Crippen molar-refractivity contribution in [3.05, 3.63) is 0 Å². The minimum absolute atomic E-state index is 0.461. The molecule has 0 amide bonds. The molecular formula is C12H40O3Si7. The van der Waals surface area contributed by atoms with E-state index < -0.39 is 54.2 Å². The van der Waals surface area contributed by atoms with Crippen LogP contribution in [0.25, 0.3) is 0 Å². The highest BCUT2D eigenvalue weighted by molar-refractivity contribution is 6.86. The monoisotopic (exact) mass is 428 g/mol. The Hall–Kier alpha value is 1.40. The van der Waals surface area contributed by atoms with E-state index in [-0.39, 0.29) is 0 Å². The Kier molecular flexibility index (Phi) is 9.78. The van der Waals surface area contributed by atoms with E-state index in [4.69, 9.17) is 12.3 Å². The van der Waals surface area contributed by atoms with Gasteiger partial charge in [0.15, 0.2) is 54.2 Å². The Bertz CT molecular complexity index is 275. The van der Waals surface area contributed by atoms with Gasteiger partial charge in [0.1, 0.15) is 0 Å². The minimum atomic E-state index is -1.42. The van der Waals surface area contributed by atoms with Gasteiger partial charge in [-0.3, -0.25) is 0 Å². The summed E-state index contributed by atoms with van der Waals surface area (Å²) in [6, 6.07) is 1.38. The standard InChI is InChI=1S/C12H40O3Si7/c1-20(2,3)13-17-12(10-11-16,18-14-21(4,5)6)19-15-22(7,8)9/h10-11,17-19H2,1-9,16H3. The van der Waals surface area contributed by atoms with Crippen LogP contribution in [0.2, 0.25) is 69.3 Å². The zero-order valence-electron chi connectivity index (χ0n) is 16.8. The molecule has 0 unspecified atom stereocenters. The summed E-state index contributed by atoms with van der Waals surface area (Å²) in [5.41, 5.74) is 0. The molecule has 10 heteroatoms. The second-order valence-electron chi connectivity index (χ2n) is 9.45. The van der Waals surface area contributed by atoms with Crippen molar-refractivity contribution in [1.82, 2.24) is 0 Å². The van der Waals surface area contributed by atoms with Gasteiger partial charge >= 0.3 is 0 Å². The van der Waals surface area contributed by atoms with Gasteiger partial charge in [0.25, 0.3) is 0 Å². The molecule has 0 aliphatic heterocycles. The van der Waals surface area contributed by atoms with Gasteiger partial charge in [-0.05, 0) is 58.9 Å². The molecule has 0 aliphatic carbocycles. The second kappa shape index (κ2) is 9.19. The van der Waals surface area contributed by atoms with E-state index in [0.717, 1.165) is 0 Å². The Balaban J connectivity index is 5.07. The first-order chi connectivity index (χ1) is 9.68. The third-order valence-corrected chi connectivity index (χ3v) is 22.4. The van der Waals surface area contributed by atoms with E-state index >= 15 is 0 Å². The third kappa shape index (κ3) is 12.8. The highest BCUT2D eigenvalue weighted by Gasteiger charge is 2.37. The predicted molar refractivity (Wildman–Crippen MR) is 121 cm³/mol. The summed E-state index contributed by atoms with van der Waals surface area (Å²) in [6.07, 6.45) is 1.35. The number of rotatable bonds is 11. The fourth-order valence-corrected chi connectivity index (χ4v) is 22.0. The second-order valence-corrected chi connectivity index (χ2v) is 35.0. The van der Waals surface area contributed by atoms with Crippen molar-refractivity contribution in [2.75, 3.05) is 0 Å². The van der Waals surface area contributed by atoms with Crippen LogP contribution in [0.3, 0.4) is 0 Å². The smallest absolute Gasteiger partial charge is 0.169 e. The highest BCUT2D eigenvalue weighted by Crippen LogP contribution is 2.32. The Morgan fingerprint density at radius 2 is 0.955 bits per heavy atom. The zero-order valence-corrected chi connectivity index (χ0v) is 26.0. The van der Waals surface area contributed by atoms with E-state index in [9.17, 15) is 0 Å². The van der Waals surface area contributed by atoms with Crippen molar-refractivity contribution < 1.29 is 12.3 Å². The fourth-order valence-electron chi connectivity index (χ4n) is 1.98. The van der Waals surface area contributed by atoms with Crippen molar-refractivity contribution in [3.63, 3.8) is 0 Å². The molecule has 0 saturated heterocycles. The number of hydrogen-bond acceptors (Lipinski definition) is 3. The molecule has 0 fully saturated rings. The van der Waals surface area contributed by atoms with Crippen LogP contribution in [0, 0.1) is 0 Å². The molecule has 0 rings (SSSR count). The van der Waals surface area contributed by atoms with E-state index in [2.05, 4.69) is 58.9 Å². The van der Waals surface area contributed by atoms with Crippen LogP contribution < -0.4 is 0 Å². The average Bonchev–Trinajstić information content (AvgIpc) is 2.28. The largest absolute Gasteiger partial charge is 0.461 e. The van der Waals surface area contributed by atoms with Crippen LogP contribution in [-0.2, 0) is 12.3 Å². The summed E-state index contributed by atoms with van der Waals surface area (Å²) in [4.78, 5) is 0. The van der Waals surface area contributed by atoms with Crippen LogP contribution in [0.5, 0.6) is 0 Å². The Labute approximate surface area is 152 Å². The maximum atomic E-state index is 6.51. The van der Waals surface area contributed by atoms with Crippen LogP contribution in [0.4, 0.5) is 0 Å². The van der Waals surface area contributed by atoms with Gasteiger partial charge in [-0.1, -0.05) is 12.5 Å². The van der Waals surface area contributed by atoms with Crippen molar-refractivity contribution in [1.29, 1.82) is 0 Å². The van der Waals surface area contributed by atoms with Crippen LogP contribution in [0.15, 0.2) is 0 Å². The molecule has 22 heavy (non-hydrogen) atoms. The zero-order chi connectivity index (χ0) is 17.7. The van der Waals surface area contributed by atoms with Crippen LogP contribution in [0.1, 0.15) is 6.42 Å². The lowest BCUT2D eigenvalue weighted by atomic mass is 10.5. The first-order valence-corrected chi connectivity index (χ1v) is 24.1. The quantitative estimate of drug-likeness (QED) is 0.460. The van der Waals surface area contributed by atoms with Gasteiger partial charge < -0.3 is 12.3 Å². The maximum absolute atomic E-state index is 6.51. The summed E-state index contributed by atoms with van der Waals surface area (Å²) in [5.74, 6) is 0. The Morgan fingerprint density at radius 1 is 0.682 bits per heavy atom. The highest BCUT2D eigenvalue weighted by atomic mass is 28.4. The molecule has 0 bridgehead atoms. The summed E-state index contributed by atoms with van der Waals surface area (Å²) >= 11 is 0. The topological polar surface area (TPSA) is 27.7 Å². The van der Waals surface area contributed by atoms with Gasteiger partial charge in [0.05, 0.1) is 0 Å². The summed E-state index contributed by atoms with van der Waals surface area (Å²) in [6.45, 7) is 20.9. The van der Waals surface area contributed by atoms with E-state index in [0.29, 0.717) is 4.28 Å². The predicted octanol–water partition coefficient (Wildman–Crippen LogP) is 1.04. The molecule has 0 aromatic carbocycles. The maximum Gasteiger partial charge on any atom is 0.169 e. The summed E-state index contributed by atoms with van der Waals surface area (Å²) < 4.78 is 20.0. The van der Waals surface area contributed by atoms with Crippen molar-refractivity contribution in [2.24, 2.45) is 0 Å². The van der Waals surface area contributed by atoms with Gasteiger partial charge in [-0.2, -0.15) is 0 Å². The molecule has 3 nitrogen and oxygen atoms in total. The van der Waals surface area contributed by atoms with Gasteiger partial charge in [-0.25, -0.2) is 0 Å². The molecule has 0 aromatic rings. The molecular weight excluding hydrogens is 389 g/mol.